The summed E-state index contributed by atoms with van der Waals surface area (Å²) >= 11 is 0. The van der Waals surface area contributed by atoms with Gasteiger partial charge in [0.05, 0.1) is 0 Å². The summed E-state index contributed by atoms with van der Waals surface area (Å²) in [4.78, 5) is 0. The SMILES string of the molecule is N#CO.N#CO.N#CO.[Au].[K]. The average molecular weight is 365 g/mol. The van der Waals surface area contributed by atoms with Crippen LogP contribution in [0.25, 0.3) is 0 Å². The zero-order valence-electron chi connectivity index (χ0n) is 5.48. The van der Waals surface area contributed by atoms with Crippen molar-refractivity contribution in [1.29, 1.82) is 15.8 Å². The van der Waals surface area contributed by atoms with E-state index in [0.717, 1.165) is 18.8 Å². The maximum Gasteiger partial charge on any atom is 0.283 e. The van der Waals surface area contributed by atoms with E-state index in [4.69, 9.17) is 31.1 Å². The Balaban J connectivity index is -0.0000000150. The van der Waals surface area contributed by atoms with Crippen molar-refractivity contribution >= 4 is 51.4 Å². The van der Waals surface area contributed by atoms with Crippen LogP contribution in [0.2, 0.25) is 0 Å². The van der Waals surface area contributed by atoms with Crippen molar-refractivity contribution in [2.45, 2.75) is 0 Å². The number of hydrogen-bond acceptors (Lipinski definition) is 6. The predicted molar refractivity (Wildman–Crippen MR) is 28.4 cm³/mol. The third-order valence-corrected chi connectivity index (χ3v) is 0. The standard InChI is InChI=1S/3CHNO.Au.K/c3*2-1-3;;/h3*3H;;. The van der Waals surface area contributed by atoms with Crippen LogP contribution in [0.4, 0.5) is 0 Å². The molecule has 2 radical (unpaired) electrons. The van der Waals surface area contributed by atoms with Gasteiger partial charge in [0.15, 0.2) is 0 Å². The molecule has 0 atom stereocenters. The van der Waals surface area contributed by atoms with E-state index in [0.29, 0.717) is 0 Å². The van der Waals surface area contributed by atoms with Crippen molar-refractivity contribution in [1.82, 2.24) is 0 Å². The molecule has 0 aromatic carbocycles. The van der Waals surface area contributed by atoms with Gasteiger partial charge in [-0.05, 0) is 0 Å². The van der Waals surface area contributed by atoms with E-state index in [9.17, 15) is 0 Å². The molecule has 0 saturated heterocycles. The number of nitrogens with zero attached hydrogens (tertiary/aromatic N) is 3. The Morgan fingerprint density at radius 1 is 0.727 bits per heavy atom. The van der Waals surface area contributed by atoms with Crippen LogP contribution in [0, 0.1) is 34.6 Å². The van der Waals surface area contributed by atoms with Crippen LogP contribution in [0.3, 0.4) is 0 Å². The van der Waals surface area contributed by atoms with Gasteiger partial charge in [-0.25, -0.2) is 0 Å². The van der Waals surface area contributed by atoms with E-state index in [-0.39, 0.29) is 73.8 Å². The summed E-state index contributed by atoms with van der Waals surface area (Å²) in [5.41, 5.74) is 0. The van der Waals surface area contributed by atoms with Crippen LogP contribution < -0.4 is 0 Å². The summed E-state index contributed by atoms with van der Waals surface area (Å²) in [6, 6.07) is 0. The molecule has 0 saturated carbocycles. The zero-order valence-corrected chi connectivity index (χ0v) is 10.8. The van der Waals surface area contributed by atoms with Crippen LogP contribution >= 0.6 is 0 Å². The van der Waals surface area contributed by atoms with E-state index < -0.39 is 0 Å². The zero-order chi connectivity index (χ0) is 8.12. The minimum absolute atomic E-state index is 0. The summed E-state index contributed by atoms with van der Waals surface area (Å²) < 4.78 is 0. The van der Waals surface area contributed by atoms with Gasteiger partial charge in [-0.2, -0.15) is 15.8 Å². The summed E-state index contributed by atoms with van der Waals surface area (Å²) in [5, 5.41) is 41.2. The molecule has 0 heterocycles. The molecule has 0 bridgehead atoms. The van der Waals surface area contributed by atoms with Gasteiger partial charge in [0, 0.05) is 73.8 Å². The molecular weight excluding hydrogens is 362 g/mol. The largest absolute Gasteiger partial charge is 0.443 e. The summed E-state index contributed by atoms with van der Waals surface area (Å²) in [5.74, 6) is 0. The van der Waals surface area contributed by atoms with Crippen molar-refractivity contribution in [2.24, 2.45) is 0 Å². The van der Waals surface area contributed by atoms with Crippen molar-refractivity contribution in [3.05, 3.63) is 0 Å². The molecule has 0 amide bonds. The van der Waals surface area contributed by atoms with Crippen LogP contribution in [-0.4, -0.2) is 66.7 Å². The van der Waals surface area contributed by atoms with Gasteiger partial charge in [-0.3, -0.25) is 0 Å². The van der Waals surface area contributed by atoms with Crippen molar-refractivity contribution in [3.8, 4) is 18.8 Å². The van der Waals surface area contributed by atoms with Gasteiger partial charge in [0.2, 0.25) is 0 Å². The first kappa shape index (κ1) is 30.3. The first-order valence-electron chi connectivity index (χ1n) is 1.34. The topological polar surface area (TPSA) is 132 Å². The Morgan fingerprint density at radius 2 is 0.727 bits per heavy atom. The number of rotatable bonds is 0. The minimum atomic E-state index is 0. The van der Waals surface area contributed by atoms with Gasteiger partial charge in [0.25, 0.3) is 18.8 Å². The Kier molecular flexibility index (Phi) is 229. The van der Waals surface area contributed by atoms with E-state index in [2.05, 4.69) is 0 Å². The molecule has 0 unspecified atom stereocenters. The monoisotopic (exact) mass is 365 g/mol. The molecule has 0 aliphatic carbocycles. The molecule has 8 heteroatoms. The Labute approximate surface area is 122 Å². The first-order valence-corrected chi connectivity index (χ1v) is 1.34. The van der Waals surface area contributed by atoms with Gasteiger partial charge < -0.3 is 15.3 Å². The van der Waals surface area contributed by atoms with Crippen molar-refractivity contribution in [3.63, 3.8) is 0 Å². The molecule has 0 aliphatic heterocycles. The molecule has 6 nitrogen and oxygen atoms in total. The fourth-order valence-electron chi connectivity index (χ4n) is 0. The molecule has 11 heavy (non-hydrogen) atoms. The van der Waals surface area contributed by atoms with E-state index in [1.165, 1.54) is 0 Å². The molecule has 0 aromatic rings. The number of aliphatic hydroxyl groups is 3. The maximum absolute atomic E-state index is 6.88. The van der Waals surface area contributed by atoms with Gasteiger partial charge in [-0.1, -0.05) is 0 Å². The van der Waals surface area contributed by atoms with E-state index in [1.807, 2.05) is 0 Å². The molecule has 0 aliphatic rings. The van der Waals surface area contributed by atoms with Crippen molar-refractivity contribution in [2.75, 3.05) is 0 Å². The molecule has 0 fully saturated rings. The average Bonchev–Trinajstić information content (AvgIpc) is 1.70. The summed E-state index contributed by atoms with van der Waals surface area (Å²) in [7, 11) is 0. The number of hydrogen-bond donors (Lipinski definition) is 3. The van der Waals surface area contributed by atoms with E-state index >= 15 is 0 Å². The quantitative estimate of drug-likeness (QED) is 0.378. The molecule has 0 aromatic heterocycles. The second-order valence-corrected chi connectivity index (χ2v) is 0.300. The Morgan fingerprint density at radius 3 is 0.727 bits per heavy atom. The number of aliphatic hydroxyl groups excluding tert-OH is 3. The minimum Gasteiger partial charge on any atom is -0.443 e. The second kappa shape index (κ2) is 83.1. The van der Waals surface area contributed by atoms with Gasteiger partial charge in [-0.15, -0.1) is 0 Å². The number of nitriles is 3. The Bertz CT molecular complexity index is 117. The fraction of sp³-hybridized carbons (Fsp3) is 0. The van der Waals surface area contributed by atoms with Gasteiger partial charge >= 0.3 is 0 Å². The first-order chi connectivity index (χ1) is 4.24. The molecule has 0 spiro atoms. The van der Waals surface area contributed by atoms with E-state index in [1.54, 1.807) is 0 Å². The molecule has 60 valence electrons. The summed E-state index contributed by atoms with van der Waals surface area (Å²) in [6.07, 6.45) is 2.25. The fourth-order valence-corrected chi connectivity index (χ4v) is 0. The summed E-state index contributed by atoms with van der Waals surface area (Å²) in [6.45, 7) is 0. The van der Waals surface area contributed by atoms with Crippen LogP contribution in [-0.2, 0) is 22.4 Å². The van der Waals surface area contributed by atoms with Gasteiger partial charge in [0.1, 0.15) is 0 Å². The molecular formula is C3H3AuKN3O3. The maximum atomic E-state index is 6.88. The van der Waals surface area contributed by atoms with Crippen LogP contribution in [0.1, 0.15) is 0 Å². The Hall–Kier alpha value is 0.247. The third-order valence-electron chi connectivity index (χ3n) is 0. The second-order valence-electron chi connectivity index (χ2n) is 0.300. The predicted octanol–water partition coefficient (Wildman–Crippen LogP) is -0.863. The van der Waals surface area contributed by atoms with Crippen molar-refractivity contribution < 1.29 is 37.7 Å². The van der Waals surface area contributed by atoms with Crippen LogP contribution in [0.5, 0.6) is 0 Å². The van der Waals surface area contributed by atoms with Crippen LogP contribution in [0.15, 0.2) is 0 Å². The normalized spacial score (nSPS) is 1.91. The molecule has 3 N–H and O–H groups in total. The third kappa shape index (κ3) is 11500. The smallest absolute Gasteiger partial charge is 0.283 e. The molecule has 0 rings (SSSR count).